The molecule has 1 aromatic rings. The fourth-order valence-electron chi connectivity index (χ4n) is 3.56. The zero-order valence-corrected chi connectivity index (χ0v) is 14.3. The van der Waals surface area contributed by atoms with Crippen LogP contribution in [0.4, 0.5) is 0 Å². The van der Waals surface area contributed by atoms with Crippen LogP contribution in [0.25, 0.3) is 5.57 Å². The number of hydrogen-bond donors (Lipinski definition) is 1. The van der Waals surface area contributed by atoms with Crippen molar-refractivity contribution in [1.29, 1.82) is 0 Å². The largest absolute Gasteiger partial charge is 0.368 e. The Balaban J connectivity index is 1.63. The van der Waals surface area contributed by atoms with Gasteiger partial charge in [-0.3, -0.25) is 4.79 Å². The number of amides is 1. The molecule has 0 aromatic carbocycles. The van der Waals surface area contributed by atoms with Gasteiger partial charge in [0.2, 0.25) is 0 Å². The number of nitrogens with one attached hydrogen (secondary N) is 1. The minimum Gasteiger partial charge on any atom is -0.368 e. The second kappa shape index (κ2) is 5.57. The standard InChI is InChI=1S/C18H21N3OS/c1-12-4-3-10-21(12)18(22)16-6-5-15(23-16)13-8-11-20(2)17-14(13)7-9-19-17/h5-9,11-12,17,19H,3-4,10H2,1-2H3/t12-,17?/m0/s1. The third-order valence-corrected chi connectivity index (χ3v) is 6.01. The van der Waals surface area contributed by atoms with E-state index < -0.39 is 0 Å². The van der Waals surface area contributed by atoms with Crippen molar-refractivity contribution in [2.45, 2.75) is 32.0 Å². The summed E-state index contributed by atoms with van der Waals surface area (Å²) in [5, 5.41) is 3.35. The lowest BCUT2D eigenvalue weighted by atomic mass is 10.0. The van der Waals surface area contributed by atoms with Crippen molar-refractivity contribution >= 4 is 22.8 Å². The molecular formula is C18H21N3OS. The van der Waals surface area contributed by atoms with Crippen LogP contribution in [0.15, 0.2) is 42.3 Å². The Bertz CT molecular complexity index is 730. The summed E-state index contributed by atoms with van der Waals surface area (Å²) >= 11 is 1.61. The molecule has 0 radical (unpaired) electrons. The molecule has 4 rings (SSSR count). The highest BCUT2D eigenvalue weighted by Crippen LogP contribution is 2.35. The minimum atomic E-state index is 0.186. The van der Waals surface area contributed by atoms with Gasteiger partial charge in [0, 0.05) is 41.9 Å². The number of likely N-dealkylation sites (N-methyl/N-ethyl adjacent to an activating group) is 1. The number of carbonyl (C=O) groups excluding carboxylic acids is 1. The van der Waals surface area contributed by atoms with Crippen molar-refractivity contribution in [1.82, 2.24) is 15.1 Å². The van der Waals surface area contributed by atoms with Gasteiger partial charge in [0.05, 0.1) is 4.88 Å². The average Bonchev–Trinajstić information content (AvgIpc) is 3.27. The molecule has 23 heavy (non-hydrogen) atoms. The molecule has 0 bridgehead atoms. The molecule has 1 amide bonds. The van der Waals surface area contributed by atoms with E-state index in [1.165, 1.54) is 11.1 Å². The van der Waals surface area contributed by atoms with Crippen molar-refractivity contribution in [2.75, 3.05) is 13.6 Å². The maximum absolute atomic E-state index is 12.7. The summed E-state index contributed by atoms with van der Waals surface area (Å²) in [6, 6.07) is 4.43. The molecule has 4 nitrogen and oxygen atoms in total. The van der Waals surface area contributed by atoms with Gasteiger partial charge in [0.15, 0.2) is 0 Å². The van der Waals surface area contributed by atoms with Gasteiger partial charge in [-0.15, -0.1) is 11.3 Å². The lowest BCUT2D eigenvalue weighted by molar-refractivity contribution is 0.0752. The van der Waals surface area contributed by atoms with Crippen LogP contribution in [-0.4, -0.2) is 41.5 Å². The second-order valence-electron chi connectivity index (χ2n) is 6.41. The Kier molecular flexibility index (Phi) is 3.53. The van der Waals surface area contributed by atoms with Crippen LogP contribution in [0, 0.1) is 0 Å². The molecular weight excluding hydrogens is 306 g/mol. The first kappa shape index (κ1) is 14.6. The number of thiophene rings is 1. The fourth-order valence-corrected chi connectivity index (χ4v) is 4.57. The Morgan fingerprint density at radius 1 is 1.35 bits per heavy atom. The third kappa shape index (κ3) is 2.39. The van der Waals surface area contributed by atoms with Gasteiger partial charge in [0.25, 0.3) is 5.91 Å². The van der Waals surface area contributed by atoms with Crippen LogP contribution in [-0.2, 0) is 0 Å². The van der Waals surface area contributed by atoms with Crippen molar-refractivity contribution in [3.8, 4) is 0 Å². The van der Waals surface area contributed by atoms with Crippen molar-refractivity contribution in [3.63, 3.8) is 0 Å². The summed E-state index contributed by atoms with van der Waals surface area (Å²) in [6.45, 7) is 3.03. The third-order valence-electron chi connectivity index (χ3n) is 4.90. The molecule has 1 aromatic heterocycles. The van der Waals surface area contributed by atoms with E-state index in [2.05, 4.69) is 48.6 Å². The smallest absolute Gasteiger partial charge is 0.264 e. The summed E-state index contributed by atoms with van der Waals surface area (Å²) in [5.74, 6) is 0.186. The maximum Gasteiger partial charge on any atom is 0.264 e. The molecule has 120 valence electrons. The normalized spacial score (nSPS) is 26.0. The van der Waals surface area contributed by atoms with Crippen LogP contribution in [0.5, 0.6) is 0 Å². The van der Waals surface area contributed by atoms with E-state index in [4.69, 9.17) is 0 Å². The minimum absolute atomic E-state index is 0.186. The van der Waals surface area contributed by atoms with E-state index in [9.17, 15) is 4.79 Å². The van der Waals surface area contributed by atoms with Crippen LogP contribution < -0.4 is 5.32 Å². The Labute approximate surface area is 140 Å². The van der Waals surface area contributed by atoms with E-state index in [0.29, 0.717) is 6.04 Å². The van der Waals surface area contributed by atoms with Gasteiger partial charge in [0.1, 0.15) is 6.17 Å². The number of allylic oxidation sites excluding steroid dienone is 2. The fraction of sp³-hybridized carbons (Fsp3) is 0.389. The first-order chi connectivity index (χ1) is 11.1. The Hall–Kier alpha value is -2.01. The lowest BCUT2D eigenvalue weighted by Crippen LogP contribution is -2.37. The highest BCUT2D eigenvalue weighted by atomic mass is 32.1. The molecule has 0 spiro atoms. The molecule has 1 saturated heterocycles. The lowest BCUT2D eigenvalue weighted by Gasteiger charge is -2.29. The predicted molar refractivity (Wildman–Crippen MR) is 93.9 cm³/mol. The van der Waals surface area contributed by atoms with Crippen molar-refractivity contribution in [3.05, 3.63) is 52.0 Å². The van der Waals surface area contributed by atoms with Crippen molar-refractivity contribution in [2.24, 2.45) is 0 Å². The highest BCUT2D eigenvalue weighted by Gasteiger charge is 2.29. The first-order valence-corrected chi connectivity index (χ1v) is 8.95. The quantitative estimate of drug-likeness (QED) is 0.907. The van der Waals surface area contributed by atoms with E-state index >= 15 is 0 Å². The van der Waals surface area contributed by atoms with E-state index in [0.717, 1.165) is 29.1 Å². The summed E-state index contributed by atoms with van der Waals surface area (Å²) in [5.41, 5.74) is 2.48. The summed E-state index contributed by atoms with van der Waals surface area (Å²) in [7, 11) is 2.07. The monoisotopic (exact) mass is 327 g/mol. The number of rotatable bonds is 2. The first-order valence-electron chi connectivity index (χ1n) is 8.13. The number of nitrogens with zero attached hydrogens (tertiary/aromatic N) is 2. The van der Waals surface area contributed by atoms with Crippen LogP contribution in [0.3, 0.4) is 0 Å². The van der Waals surface area contributed by atoms with E-state index in [1.807, 2.05) is 17.2 Å². The summed E-state index contributed by atoms with van der Waals surface area (Å²) in [6.07, 6.45) is 10.8. The second-order valence-corrected chi connectivity index (χ2v) is 7.49. The number of fused-ring (bicyclic) bond motifs is 1. The topological polar surface area (TPSA) is 35.6 Å². The molecule has 1 unspecified atom stereocenters. The highest BCUT2D eigenvalue weighted by molar-refractivity contribution is 7.15. The molecule has 3 aliphatic rings. The van der Waals surface area contributed by atoms with Gasteiger partial charge < -0.3 is 15.1 Å². The molecule has 3 aliphatic heterocycles. The molecule has 1 N–H and O–H groups in total. The number of carbonyl (C=O) groups is 1. The molecule has 4 heterocycles. The molecule has 0 aliphatic carbocycles. The van der Waals surface area contributed by atoms with E-state index in [1.54, 1.807) is 11.3 Å². The Morgan fingerprint density at radius 3 is 3.00 bits per heavy atom. The van der Waals surface area contributed by atoms with Crippen molar-refractivity contribution < 1.29 is 4.79 Å². The van der Waals surface area contributed by atoms with Gasteiger partial charge in [-0.2, -0.15) is 0 Å². The predicted octanol–water partition coefficient (Wildman–Crippen LogP) is 3.03. The zero-order chi connectivity index (χ0) is 16.0. The zero-order valence-electron chi connectivity index (χ0n) is 13.5. The summed E-state index contributed by atoms with van der Waals surface area (Å²) in [4.78, 5) is 18.9. The molecule has 5 heteroatoms. The maximum atomic E-state index is 12.7. The van der Waals surface area contributed by atoms with Gasteiger partial charge in [-0.25, -0.2) is 0 Å². The van der Waals surface area contributed by atoms with E-state index in [-0.39, 0.29) is 12.1 Å². The van der Waals surface area contributed by atoms with Gasteiger partial charge >= 0.3 is 0 Å². The number of likely N-dealkylation sites (tertiary alicyclic amines) is 1. The van der Waals surface area contributed by atoms with Gasteiger partial charge in [-0.1, -0.05) is 0 Å². The Morgan fingerprint density at radius 2 is 2.22 bits per heavy atom. The number of hydrogen-bond acceptors (Lipinski definition) is 4. The van der Waals surface area contributed by atoms with Gasteiger partial charge in [-0.05, 0) is 50.3 Å². The molecule has 1 fully saturated rings. The molecule has 2 atom stereocenters. The van der Waals surface area contributed by atoms with Crippen LogP contribution in [0.1, 0.15) is 34.3 Å². The van der Waals surface area contributed by atoms with Crippen LogP contribution in [0.2, 0.25) is 0 Å². The molecule has 0 saturated carbocycles. The SMILES string of the molecule is C[C@H]1CCCN1C(=O)c1ccc(C2=C3C=CNC3N(C)C=C2)s1. The summed E-state index contributed by atoms with van der Waals surface area (Å²) < 4.78 is 0. The van der Waals surface area contributed by atoms with Crippen LogP contribution >= 0.6 is 11.3 Å². The average molecular weight is 327 g/mol.